The van der Waals surface area contributed by atoms with E-state index in [4.69, 9.17) is 11.6 Å². The summed E-state index contributed by atoms with van der Waals surface area (Å²) in [6, 6.07) is 4.20. The third kappa shape index (κ3) is 3.29. The summed E-state index contributed by atoms with van der Waals surface area (Å²) >= 11 is 5.53. The lowest BCUT2D eigenvalue weighted by Gasteiger charge is -2.08. The van der Waals surface area contributed by atoms with Crippen LogP contribution >= 0.6 is 11.6 Å². The molecule has 0 heterocycles. The lowest BCUT2D eigenvalue weighted by molar-refractivity contribution is -0.119. The molecule has 4 heteroatoms. The van der Waals surface area contributed by atoms with Gasteiger partial charge in [-0.25, -0.2) is 4.39 Å². The molecular formula is C11H13ClFNO. The van der Waals surface area contributed by atoms with Crippen LogP contribution in [0.2, 0.25) is 5.02 Å². The van der Waals surface area contributed by atoms with E-state index < -0.39 is 5.82 Å². The number of ketones is 1. The summed E-state index contributed by atoms with van der Waals surface area (Å²) in [6.07, 6.45) is 0.218. The molecule has 1 unspecified atom stereocenters. The van der Waals surface area contributed by atoms with Crippen LogP contribution in [0.3, 0.4) is 0 Å². The van der Waals surface area contributed by atoms with E-state index >= 15 is 0 Å². The Hall–Kier alpha value is -0.930. The van der Waals surface area contributed by atoms with Gasteiger partial charge in [0.25, 0.3) is 0 Å². The molecule has 0 aliphatic heterocycles. The molecule has 1 rings (SSSR count). The molecule has 1 aromatic rings. The quantitative estimate of drug-likeness (QED) is 0.858. The van der Waals surface area contributed by atoms with Crippen molar-refractivity contribution in [2.24, 2.45) is 0 Å². The summed E-state index contributed by atoms with van der Waals surface area (Å²) in [6.45, 7) is 1.77. The first-order valence-electron chi connectivity index (χ1n) is 4.68. The molecule has 0 aliphatic rings. The van der Waals surface area contributed by atoms with Crippen LogP contribution in [0, 0.1) is 5.82 Å². The van der Waals surface area contributed by atoms with E-state index in [0.717, 1.165) is 0 Å². The maximum atomic E-state index is 13.1. The van der Waals surface area contributed by atoms with E-state index in [1.807, 2.05) is 0 Å². The minimum Gasteiger partial charge on any atom is -0.311 e. The fourth-order valence-electron chi connectivity index (χ4n) is 1.16. The monoisotopic (exact) mass is 229 g/mol. The largest absolute Gasteiger partial charge is 0.311 e. The molecule has 82 valence electrons. The van der Waals surface area contributed by atoms with Crippen molar-refractivity contribution in [2.75, 3.05) is 7.05 Å². The Bertz CT molecular complexity index is 368. The SMILES string of the molecule is CNC(C)C(=O)Cc1ccc(Cl)c(F)c1. The lowest BCUT2D eigenvalue weighted by Crippen LogP contribution is -2.31. The number of halogens is 2. The molecule has 0 saturated carbocycles. The number of benzene rings is 1. The third-order valence-electron chi connectivity index (χ3n) is 2.28. The Morgan fingerprint density at radius 1 is 1.60 bits per heavy atom. The standard InChI is InChI=1S/C11H13ClFNO/c1-7(14-2)11(15)6-8-3-4-9(12)10(13)5-8/h3-5,7,14H,6H2,1-2H3. The highest BCUT2D eigenvalue weighted by atomic mass is 35.5. The van der Waals surface area contributed by atoms with Crippen LogP contribution < -0.4 is 5.32 Å². The average Bonchev–Trinajstić information content (AvgIpc) is 2.22. The zero-order valence-corrected chi connectivity index (χ0v) is 9.44. The molecule has 15 heavy (non-hydrogen) atoms. The molecule has 0 spiro atoms. The molecule has 0 bridgehead atoms. The average molecular weight is 230 g/mol. The molecule has 2 nitrogen and oxygen atoms in total. The van der Waals surface area contributed by atoms with Crippen molar-refractivity contribution in [1.82, 2.24) is 5.32 Å². The van der Waals surface area contributed by atoms with Gasteiger partial charge in [-0.1, -0.05) is 17.7 Å². The van der Waals surface area contributed by atoms with E-state index in [1.54, 1.807) is 20.0 Å². The number of carbonyl (C=O) groups is 1. The van der Waals surface area contributed by atoms with Gasteiger partial charge in [-0.3, -0.25) is 4.79 Å². The summed E-state index contributed by atoms with van der Waals surface area (Å²) in [4.78, 5) is 11.5. The first-order chi connectivity index (χ1) is 7.04. The van der Waals surface area contributed by atoms with Crippen LogP contribution in [-0.4, -0.2) is 18.9 Å². The topological polar surface area (TPSA) is 29.1 Å². The van der Waals surface area contributed by atoms with Crippen molar-refractivity contribution in [2.45, 2.75) is 19.4 Å². The number of hydrogen-bond acceptors (Lipinski definition) is 2. The Morgan fingerprint density at radius 2 is 2.27 bits per heavy atom. The van der Waals surface area contributed by atoms with E-state index in [2.05, 4.69) is 5.32 Å². The van der Waals surface area contributed by atoms with Gasteiger partial charge in [0.2, 0.25) is 0 Å². The molecule has 0 amide bonds. The van der Waals surface area contributed by atoms with E-state index in [9.17, 15) is 9.18 Å². The first-order valence-corrected chi connectivity index (χ1v) is 5.06. The Morgan fingerprint density at radius 3 is 2.80 bits per heavy atom. The molecule has 1 aromatic carbocycles. The third-order valence-corrected chi connectivity index (χ3v) is 2.58. The van der Waals surface area contributed by atoms with Crippen molar-refractivity contribution < 1.29 is 9.18 Å². The lowest BCUT2D eigenvalue weighted by atomic mass is 10.0. The van der Waals surface area contributed by atoms with Crippen molar-refractivity contribution in [3.63, 3.8) is 0 Å². The van der Waals surface area contributed by atoms with Crippen molar-refractivity contribution in [3.05, 3.63) is 34.6 Å². The van der Waals surface area contributed by atoms with Gasteiger partial charge in [0.1, 0.15) is 5.82 Å². The Kier molecular flexibility index (Phi) is 4.24. The van der Waals surface area contributed by atoms with Crippen molar-refractivity contribution >= 4 is 17.4 Å². The zero-order valence-electron chi connectivity index (χ0n) is 8.68. The number of hydrogen-bond donors (Lipinski definition) is 1. The van der Waals surface area contributed by atoms with E-state index in [0.29, 0.717) is 5.56 Å². The van der Waals surface area contributed by atoms with Crippen LogP contribution in [0.1, 0.15) is 12.5 Å². The van der Waals surface area contributed by atoms with Gasteiger partial charge in [0, 0.05) is 6.42 Å². The second kappa shape index (κ2) is 5.24. The molecule has 1 N–H and O–H groups in total. The van der Waals surface area contributed by atoms with E-state index in [1.165, 1.54) is 12.1 Å². The predicted octanol–water partition coefficient (Wildman–Crippen LogP) is 2.20. The Labute approximate surface area is 93.4 Å². The number of nitrogens with one attached hydrogen (secondary N) is 1. The van der Waals surface area contributed by atoms with E-state index in [-0.39, 0.29) is 23.3 Å². The Balaban J connectivity index is 2.73. The molecule has 0 radical (unpaired) electrons. The highest BCUT2D eigenvalue weighted by molar-refractivity contribution is 6.30. The van der Waals surface area contributed by atoms with Gasteiger partial charge >= 0.3 is 0 Å². The van der Waals surface area contributed by atoms with Crippen LogP contribution in [0.25, 0.3) is 0 Å². The first kappa shape index (κ1) is 12.1. The van der Waals surface area contributed by atoms with Crippen LogP contribution in [-0.2, 0) is 11.2 Å². The minimum atomic E-state index is -0.487. The second-order valence-electron chi connectivity index (χ2n) is 3.40. The summed E-state index contributed by atoms with van der Waals surface area (Å²) in [7, 11) is 1.71. The zero-order chi connectivity index (χ0) is 11.4. The minimum absolute atomic E-state index is 0.0271. The second-order valence-corrected chi connectivity index (χ2v) is 3.81. The molecule has 0 saturated heterocycles. The summed E-state index contributed by atoms with van der Waals surface area (Å²) in [5.74, 6) is -0.460. The number of Topliss-reactive ketones (excluding diaryl/α,β-unsaturated/α-hetero) is 1. The molecule has 0 fully saturated rings. The van der Waals surface area contributed by atoms with Crippen LogP contribution in [0.15, 0.2) is 18.2 Å². The highest BCUT2D eigenvalue weighted by Crippen LogP contribution is 2.16. The fourth-order valence-corrected chi connectivity index (χ4v) is 1.28. The molecule has 0 aliphatic carbocycles. The van der Waals surface area contributed by atoms with Gasteiger partial charge in [-0.2, -0.15) is 0 Å². The summed E-state index contributed by atoms with van der Waals surface area (Å²) in [5, 5.41) is 2.92. The van der Waals surface area contributed by atoms with Gasteiger partial charge in [0.05, 0.1) is 11.1 Å². The normalized spacial score (nSPS) is 12.5. The van der Waals surface area contributed by atoms with Gasteiger partial charge in [-0.05, 0) is 31.7 Å². The van der Waals surface area contributed by atoms with Gasteiger partial charge in [0.15, 0.2) is 5.78 Å². The summed E-state index contributed by atoms with van der Waals surface area (Å²) < 4.78 is 13.1. The predicted molar refractivity (Wildman–Crippen MR) is 58.6 cm³/mol. The molecule has 1 atom stereocenters. The molecule has 0 aromatic heterocycles. The number of rotatable bonds is 4. The number of likely N-dealkylation sites (N-methyl/N-ethyl adjacent to an activating group) is 1. The van der Waals surface area contributed by atoms with Crippen LogP contribution in [0.5, 0.6) is 0 Å². The maximum Gasteiger partial charge on any atom is 0.153 e. The van der Waals surface area contributed by atoms with Crippen molar-refractivity contribution in [1.29, 1.82) is 0 Å². The van der Waals surface area contributed by atoms with Gasteiger partial charge < -0.3 is 5.32 Å². The van der Waals surface area contributed by atoms with Crippen LogP contribution in [0.4, 0.5) is 4.39 Å². The fraction of sp³-hybridized carbons (Fsp3) is 0.364. The maximum absolute atomic E-state index is 13.1. The molecular weight excluding hydrogens is 217 g/mol. The smallest absolute Gasteiger partial charge is 0.153 e. The number of carbonyl (C=O) groups excluding carboxylic acids is 1. The van der Waals surface area contributed by atoms with Crippen molar-refractivity contribution in [3.8, 4) is 0 Å². The van der Waals surface area contributed by atoms with Gasteiger partial charge in [-0.15, -0.1) is 0 Å². The highest BCUT2D eigenvalue weighted by Gasteiger charge is 2.11. The summed E-state index contributed by atoms with van der Waals surface area (Å²) in [5.41, 5.74) is 0.643.